The van der Waals surface area contributed by atoms with E-state index in [-0.39, 0.29) is 0 Å². The first kappa shape index (κ1) is 13.8. The Balaban J connectivity index is 2.89. The summed E-state index contributed by atoms with van der Waals surface area (Å²) in [5, 5.41) is 2.96. The summed E-state index contributed by atoms with van der Waals surface area (Å²) < 4.78 is 36.8. The number of hydrogen-bond donors (Lipinski definition) is 1. The van der Waals surface area contributed by atoms with Crippen LogP contribution in [-0.4, -0.2) is 31.8 Å². The first-order valence-electron chi connectivity index (χ1n) is 5.22. The maximum absolute atomic E-state index is 12.3. The van der Waals surface area contributed by atoms with E-state index in [1.807, 2.05) is 6.07 Å². The maximum atomic E-state index is 12.3. The standard InChI is InChI=1S/C11H16F3N3/c1-8-4-9(6-15-2)5-10(16-8)17(3)7-11(12,13)14/h4-5,15H,6-7H2,1-3H3. The second kappa shape index (κ2) is 5.35. The SMILES string of the molecule is CNCc1cc(C)nc(N(C)CC(F)(F)F)c1. The van der Waals surface area contributed by atoms with Crippen molar-refractivity contribution >= 4 is 5.82 Å². The van der Waals surface area contributed by atoms with E-state index in [1.54, 1.807) is 20.0 Å². The number of alkyl halides is 3. The fourth-order valence-corrected chi connectivity index (χ4v) is 1.57. The van der Waals surface area contributed by atoms with Crippen molar-refractivity contribution in [3.05, 3.63) is 23.4 Å². The molecule has 1 rings (SSSR count). The number of nitrogens with one attached hydrogen (secondary N) is 1. The van der Waals surface area contributed by atoms with Gasteiger partial charge >= 0.3 is 6.18 Å². The second-order valence-electron chi connectivity index (χ2n) is 3.98. The van der Waals surface area contributed by atoms with Gasteiger partial charge in [0.25, 0.3) is 0 Å². The van der Waals surface area contributed by atoms with Crippen molar-refractivity contribution in [2.45, 2.75) is 19.6 Å². The molecule has 0 amide bonds. The van der Waals surface area contributed by atoms with Crippen LogP contribution >= 0.6 is 0 Å². The predicted molar refractivity (Wildman–Crippen MR) is 61.1 cm³/mol. The summed E-state index contributed by atoms with van der Waals surface area (Å²) in [6, 6.07) is 3.51. The third-order valence-electron chi connectivity index (χ3n) is 2.19. The van der Waals surface area contributed by atoms with Crippen molar-refractivity contribution in [2.75, 3.05) is 25.5 Å². The van der Waals surface area contributed by atoms with Gasteiger partial charge in [0.1, 0.15) is 12.4 Å². The highest BCUT2D eigenvalue weighted by Crippen LogP contribution is 2.20. The third-order valence-corrected chi connectivity index (χ3v) is 2.19. The molecule has 0 bridgehead atoms. The average molecular weight is 247 g/mol. The van der Waals surface area contributed by atoms with E-state index in [0.29, 0.717) is 18.1 Å². The van der Waals surface area contributed by atoms with E-state index < -0.39 is 12.7 Å². The van der Waals surface area contributed by atoms with E-state index in [2.05, 4.69) is 10.3 Å². The van der Waals surface area contributed by atoms with Crippen LogP contribution in [-0.2, 0) is 6.54 Å². The lowest BCUT2D eigenvalue weighted by Gasteiger charge is -2.21. The minimum absolute atomic E-state index is 0.340. The molecule has 0 aromatic carbocycles. The molecular formula is C11H16F3N3. The summed E-state index contributed by atoms with van der Waals surface area (Å²) in [4.78, 5) is 5.20. The molecule has 1 aromatic heterocycles. The molecule has 0 saturated carbocycles. The number of rotatable bonds is 4. The molecule has 0 saturated heterocycles. The van der Waals surface area contributed by atoms with Crippen LogP contribution in [0.25, 0.3) is 0 Å². The van der Waals surface area contributed by atoms with Gasteiger partial charge in [-0.25, -0.2) is 4.98 Å². The smallest absolute Gasteiger partial charge is 0.351 e. The van der Waals surface area contributed by atoms with E-state index in [9.17, 15) is 13.2 Å². The Hall–Kier alpha value is -1.30. The number of anilines is 1. The summed E-state index contributed by atoms with van der Waals surface area (Å²) in [5.74, 6) is 0.340. The number of aromatic nitrogens is 1. The van der Waals surface area contributed by atoms with Gasteiger partial charge in [0.2, 0.25) is 0 Å². The van der Waals surface area contributed by atoms with Gasteiger partial charge in [-0.15, -0.1) is 0 Å². The maximum Gasteiger partial charge on any atom is 0.405 e. The summed E-state index contributed by atoms with van der Waals surface area (Å²) in [6.45, 7) is 1.38. The number of aryl methyl sites for hydroxylation is 1. The third kappa shape index (κ3) is 4.60. The van der Waals surface area contributed by atoms with Crippen LogP contribution in [0.2, 0.25) is 0 Å². The molecule has 17 heavy (non-hydrogen) atoms. The molecule has 6 heteroatoms. The average Bonchev–Trinajstić information content (AvgIpc) is 2.14. The highest BCUT2D eigenvalue weighted by Gasteiger charge is 2.29. The second-order valence-corrected chi connectivity index (χ2v) is 3.98. The minimum atomic E-state index is -4.22. The number of nitrogens with zero attached hydrogens (tertiary/aromatic N) is 2. The van der Waals surface area contributed by atoms with Crippen LogP contribution in [0.4, 0.5) is 19.0 Å². The first-order valence-corrected chi connectivity index (χ1v) is 5.22. The molecule has 96 valence electrons. The highest BCUT2D eigenvalue weighted by molar-refractivity contribution is 5.42. The number of halogens is 3. The van der Waals surface area contributed by atoms with Crippen LogP contribution < -0.4 is 10.2 Å². The molecule has 1 heterocycles. The van der Waals surface area contributed by atoms with Gasteiger partial charge in [-0.2, -0.15) is 13.2 Å². The topological polar surface area (TPSA) is 28.2 Å². The molecular weight excluding hydrogens is 231 g/mol. The van der Waals surface area contributed by atoms with Crippen LogP contribution in [0.5, 0.6) is 0 Å². The van der Waals surface area contributed by atoms with E-state index >= 15 is 0 Å². The molecule has 0 fully saturated rings. The van der Waals surface area contributed by atoms with Gasteiger partial charge in [-0.1, -0.05) is 0 Å². The van der Waals surface area contributed by atoms with E-state index in [0.717, 1.165) is 10.5 Å². The van der Waals surface area contributed by atoms with Crippen LogP contribution in [0.1, 0.15) is 11.3 Å². The molecule has 1 N–H and O–H groups in total. The molecule has 0 unspecified atom stereocenters. The Morgan fingerprint density at radius 2 is 2.00 bits per heavy atom. The molecule has 3 nitrogen and oxygen atoms in total. The van der Waals surface area contributed by atoms with Gasteiger partial charge in [0, 0.05) is 19.3 Å². The van der Waals surface area contributed by atoms with Crippen molar-refractivity contribution in [1.82, 2.24) is 10.3 Å². The van der Waals surface area contributed by atoms with E-state index in [1.165, 1.54) is 7.05 Å². The molecule has 1 aromatic rings. The van der Waals surface area contributed by atoms with Crippen LogP contribution in [0.3, 0.4) is 0 Å². The van der Waals surface area contributed by atoms with Crippen molar-refractivity contribution < 1.29 is 13.2 Å². The van der Waals surface area contributed by atoms with Crippen molar-refractivity contribution in [2.24, 2.45) is 0 Å². The van der Waals surface area contributed by atoms with Crippen LogP contribution in [0, 0.1) is 6.92 Å². The van der Waals surface area contributed by atoms with Crippen molar-refractivity contribution in [3.8, 4) is 0 Å². The molecule has 0 aliphatic heterocycles. The van der Waals surface area contributed by atoms with Gasteiger partial charge in [0.05, 0.1) is 0 Å². The molecule has 0 radical (unpaired) electrons. The van der Waals surface area contributed by atoms with Crippen molar-refractivity contribution in [1.29, 1.82) is 0 Å². The fraction of sp³-hybridized carbons (Fsp3) is 0.545. The monoisotopic (exact) mass is 247 g/mol. The molecule has 0 atom stereocenters. The zero-order chi connectivity index (χ0) is 13.1. The molecule has 0 spiro atoms. The summed E-state index contributed by atoms with van der Waals surface area (Å²) in [5.41, 5.74) is 1.63. The van der Waals surface area contributed by atoms with E-state index in [4.69, 9.17) is 0 Å². The lowest BCUT2D eigenvalue weighted by atomic mass is 10.2. The quantitative estimate of drug-likeness (QED) is 0.883. The highest BCUT2D eigenvalue weighted by atomic mass is 19.4. The summed E-state index contributed by atoms with van der Waals surface area (Å²) in [6.07, 6.45) is -4.22. The van der Waals surface area contributed by atoms with Gasteiger partial charge in [-0.05, 0) is 31.7 Å². The molecule has 0 aliphatic rings. The zero-order valence-corrected chi connectivity index (χ0v) is 10.1. The Bertz CT molecular complexity index is 377. The Kier molecular flexibility index (Phi) is 4.34. The fourth-order valence-electron chi connectivity index (χ4n) is 1.57. The zero-order valence-electron chi connectivity index (χ0n) is 10.1. The van der Waals surface area contributed by atoms with Crippen molar-refractivity contribution in [3.63, 3.8) is 0 Å². The predicted octanol–water partition coefficient (Wildman–Crippen LogP) is 2.11. The Labute approximate surface area is 98.6 Å². The normalized spacial score (nSPS) is 11.6. The van der Waals surface area contributed by atoms with Gasteiger partial charge in [0.15, 0.2) is 0 Å². The summed E-state index contributed by atoms with van der Waals surface area (Å²) in [7, 11) is 3.17. The number of pyridine rings is 1. The first-order chi connectivity index (χ1) is 7.81. The Morgan fingerprint density at radius 3 is 2.53 bits per heavy atom. The Morgan fingerprint density at radius 1 is 1.35 bits per heavy atom. The largest absolute Gasteiger partial charge is 0.405 e. The lowest BCUT2D eigenvalue weighted by Crippen LogP contribution is -2.31. The number of hydrogen-bond acceptors (Lipinski definition) is 3. The van der Waals surface area contributed by atoms with Gasteiger partial charge in [-0.3, -0.25) is 0 Å². The molecule has 0 aliphatic carbocycles. The van der Waals surface area contributed by atoms with Crippen LogP contribution in [0.15, 0.2) is 12.1 Å². The lowest BCUT2D eigenvalue weighted by molar-refractivity contribution is -0.119. The minimum Gasteiger partial charge on any atom is -0.351 e. The van der Waals surface area contributed by atoms with Gasteiger partial charge < -0.3 is 10.2 Å². The summed E-state index contributed by atoms with van der Waals surface area (Å²) >= 11 is 0.